The van der Waals surface area contributed by atoms with Gasteiger partial charge in [-0.1, -0.05) is 11.2 Å². The molecule has 0 fully saturated rings. The van der Waals surface area contributed by atoms with Gasteiger partial charge in [0, 0.05) is 6.20 Å². The van der Waals surface area contributed by atoms with Gasteiger partial charge < -0.3 is 15.7 Å². The van der Waals surface area contributed by atoms with Gasteiger partial charge in [-0.25, -0.2) is 0 Å². The fraction of sp³-hybridized carbons (Fsp3) is 0.231. The van der Waals surface area contributed by atoms with Crippen LogP contribution in [0.1, 0.15) is 16.7 Å². The molecule has 6 heteroatoms. The van der Waals surface area contributed by atoms with E-state index in [-0.39, 0.29) is 5.84 Å². The second-order valence-electron chi connectivity index (χ2n) is 4.24. The summed E-state index contributed by atoms with van der Waals surface area (Å²) in [5, 5.41) is 16.0. The van der Waals surface area contributed by atoms with Crippen LogP contribution in [0.25, 0.3) is 0 Å². The van der Waals surface area contributed by atoms with Crippen molar-refractivity contribution in [3.63, 3.8) is 0 Å². The molecule has 1 aromatic heterocycles. The molecule has 0 bridgehead atoms. The number of hydrogen-bond acceptors (Lipinski definition) is 4. The molecule has 0 aliphatic carbocycles. The highest BCUT2D eigenvalue weighted by Crippen LogP contribution is 2.20. The zero-order chi connectivity index (χ0) is 13.8. The molecule has 0 saturated heterocycles. The Balaban J connectivity index is 2.32. The molecule has 0 aliphatic heterocycles. The van der Waals surface area contributed by atoms with Crippen molar-refractivity contribution >= 4 is 5.84 Å². The maximum Gasteiger partial charge on any atom is 0.173 e. The number of rotatable bonds is 4. The lowest BCUT2D eigenvalue weighted by Crippen LogP contribution is -2.15. The normalized spacial score (nSPS) is 11.6. The van der Waals surface area contributed by atoms with Crippen LogP contribution in [0.5, 0.6) is 5.75 Å². The summed E-state index contributed by atoms with van der Waals surface area (Å²) in [5.41, 5.74) is 8.29. The fourth-order valence-electron chi connectivity index (χ4n) is 1.85. The van der Waals surface area contributed by atoms with Gasteiger partial charge in [-0.15, -0.1) is 0 Å². The molecular weight excluding hydrogens is 244 g/mol. The third-order valence-corrected chi connectivity index (χ3v) is 2.75. The van der Waals surface area contributed by atoms with Crippen LogP contribution in [0.3, 0.4) is 0 Å². The molecule has 0 radical (unpaired) electrons. The van der Waals surface area contributed by atoms with Crippen molar-refractivity contribution in [3.05, 3.63) is 47.3 Å². The van der Waals surface area contributed by atoms with Crippen molar-refractivity contribution in [2.24, 2.45) is 10.9 Å². The minimum atomic E-state index is 0.0235. The van der Waals surface area contributed by atoms with Crippen LogP contribution in [-0.4, -0.2) is 27.9 Å². The van der Waals surface area contributed by atoms with Crippen LogP contribution in [0.15, 0.2) is 35.7 Å². The molecular formula is C13H16N4O2. The van der Waals surface area contributed by atoms with Crippen LogP contribution in [0.2, 0.25) is 0 Å². The van der Waals surface area contributed by atoms with Crippen molar-refractivity contribution < 1.29 is 9.94 Å². The number of aryl methyl sites for hydroxylation is 1. The summed E-state index contributed by atoms with van der Waals surface area (Å²) in [6, 6.07) is 5.54. The molecule has 100 valence electrons. The Morgan fingerprint density at radius 3 is 2.89 bits per heavy atom. The van der Waals surface area contributed by atoms with E-state index in [1.54, 1.807) is 19.4 Å². The van der Waals surface area contributed by atoms with E-state index < -0.39 is 0 Å². The monoisotopic (exact) mass is 260 g/mol. The lowest BCUT2D eigenvalue weighted by Gasteiger charge is -2.09. The van der Waals surface area contributed by atoms with Crippen molar-refractivity contribution in [2.75, 3.05) is 7.11 Å². The van der Waals surface area contributed by atoms with E-state index in [1.165, 1.54) is 0 Å². The molecule has 19 heavy (non-hydrogen) atoms. The van der Waals surface area contributed by atoms with Gasteiger partial charge in [-0.3, -0.25) is 4.68 Å². The highest BCUT2D eigenvalue weighted by Gasteiger charge is 2.09. The first-order valence-corrected chi connectivity index (χ1v) is 5.78. The first-order chi connectivity index (χ1) is 9.13. The second kappa shape index (κ2) is 5.43. The maximum atomic E-state index is 8.78. The Bertz CT molecular complexity index is 604. The van der Waals surface area contributed by atoms with Crippen LogP contribution < -0.4 is 10.5 Å². The SMILES string of the molecule is COc1ccc(Cn2cc(C)cn2)cc1C(N)=NO. The number of hydrogen-bond donors (Lipinski definition) is 2. The average Bonchev–Trinajstić information content (AvgIpc) is 2.83. The molecule has 0 aliphatic rings. The van der Waals surface area contributed by atoms with E-state index in [0.717, 1.165) is 11.1 Å². The third-order valence-electron chi connectivity index (χ3n) is 2.75. The Hall–Kier alpha value is -2.50. The Labute approximate surface area is 111 Å². The maximum absolute atomic E-state index is 8.78. The summed E-state index contributed by atoms with van der Waals surface area (Å²) in [7, 11) is 1.54. The molecule has 2 aromatic rings. The molecule has 0 saturated carbocycles. The first-order valence-electron chi connectivity index (χ1n) is 5.78. The van der Waals surface area contributed by atoms with Crippen molar-refractivity contribution in [1.82, 2.24) is 9.78 Å². The fourth-order valence-corrected chi connectivity index (χ4v) is 1.85. The largest absolute Gasteiger partial charge is 0.496 e. The van der Waals surface area contributed by atoms with E-state index in [4.69, 9.17) is 15.7 Å². The molecule has 0 amide bonds. The number of amidine groups is 1. The standard InChI is InChI=1S/C13H16N4O2/c1-9-6-15-17(7-9)8-10-3-4-12(19-2)11(5-10)13(14)16-18/h3-7,18H,8H2,1-2H3,(H2,14,16). The van der Waals surface area contributed by atoms with Crippen molar-refractivity contribution in [1.29, 1.82) is 0 Å². The Morgan fingerprint density at radius 2 is 2.32 bits per heavy atom. The lowest BCUT2D eigenvalue weighted by molar-refractivity contribution is 0.318. The van der Waals surface area contributed by atoms with E-state index in [2.05, 4.69) is 10.3 Å². The quantitative estimate of drug-likeness (QED) is 0.376. The molecule has 6 nitrogen and oxygen atoms in total. The summed E-state index contributed by atoms with van der Waals surface area (Å²) in [5.74, 6) is 0.589. The number of nitrogens with two attached hydrogens (primary N) is 1. The summed E-state index contributed by atoms with van der Waals surface area (Å²) in [4.78, 5) is 0. The summed E-state index contributed by atoms with van der Waals surface area (Å²) in [6.45, 7) is 2.60. The number of nitrogens with zero attached hydrogens (tertiary/aromatic N) is 3. The summed E-state index contributed by atoms with van der Waals surface area (Å²) < 4.78 is 7.01. The molecule has 1 heterocycles. The molecule has 3 N–H and O–H groups in total. The molecule has 0 atom stereocenters. The highest BCUT2D eigenvalue weighted by molar-refractivity contribution is 5.99. The molecule has 1 aromatic carbocycles. The van der Waals surface area contributed by atoms with Crippen LogP contribution in [-0.2, 0) is 6.54 Å². The highest BCUT2D eigenvalue weighted by atomic mass is 16.5. The third kappa shape index (κ3) is 2.85. The van der Waals surface area contributed by atoms with Gasteiger partial charge >= 0.3 is 0 Å². The number of aromatic nitrogens is 2. The van der Waals surface area contributed by atoms with Gasteiger partial charge in [-0.05, 0) is 30.2 Å². The van der Waals surface area contributed by atoms with Crippen LogP contribution in [0.4, 0.5) is 0 Å². The van der Waals surface area contributed by atoms with E-state index in [1.807, 2.05) is 29.9 Å². The predicted molar refractivity (Wildman–Crippen MR) is 71.6 cm³/mol. The second-order valence-corrected chi connectivity index (χ2v) is 4.24. The van der Waals surface area contributed by atoms with Gasteiger partial charge in [0.05, 0.1) is 25.4 Å². The van der Waals surface area contributed by atoms with Crippen molar-refractivity contribution in [2.45, 2.75) is 13.5 Å². The number of oxime groups is 1. The Morgan fingerprint density at radius 1 is 1.53 bits per heavy atom. The van der Waals surface area contributed by atoms with Gasteiger partial charge in [-0.2, -0.15) is 5.10 Å². The summed E-state index contributed by atoms with van der Waals surface area (Å²) in [6.07, 6.45) is 3.75. The first kappa shape index (κ1) is 12.9. The lowest BCUT2D eigenvalue weighted by atomic mass is 10.1. The van der Waals surface area contributed by atoms with Gasteiger partial charge in [0.15, 0.2) is 5.84 Å². The van der Waals surface area contributed by atoms with Crippen LogP contribution >= 0.6 is 0 Å². The number of benzene rings is 1. The minimum Gasteiger partial charge on any atom is -0.496 e. The van der Waals surface area contributed by atoms with Gasteiger partial charge in [0.25, 0.3) is 0 Å². The van der Waals surface area contributed by atoms with Crippen molar-refractivity contribution in [3.8, 4) is 5.75 Å². The van der Waals surface area contributed by atoms with E-state index in [0.29, 0.717) is 17.9 Å². The Kier molecular flexibility index (Phi) is 3.70. The molecule has 2 rings (SSSR count). The zero-order valence-electron chi connectivity index (χ0n) is 10.9. The van der Waals surface area contributed by atoms with E-state index >= 15 is 0 Å². The predicted octanol–water partition coefficient (Wildman–Crippen LogP) is 1.34. The zero-order valence-corrected chi connectivity index (χ0v) is 10.9. The van der Waals surface area contributed by atoms with Gasteiger partial charge in [0.1, 0.15) is 5.75 Å². The average molecular weight is 260 g/mol. The smallest absolute Gasteiger partial charge is 0.173 e. The van der Waals surface area contributed by atoms with Crippen LogP contribution in [0, 0.1) is 6.92 Å². The van der Waals surface area contributed by atoms with Gasteiger partial charge in [0.2, 0.25) is 0 Å². The number of ether oxygens (including phenoxy) is 1. The molecule has 0 unspecified atom stereocenters. The summed E-state index contributed by atoms with van der Waals surface area (Å²) >= 11 is 0. The molecule has 0 spiro atoms. The minimum absolute atomic E-state index is 0.0235. The van der Waals surface area contributed by atoms with E-state index in [9.17, 15) is 0 Å². The topological polar surface area (TPSA) is 85.7 Å². The number of methoxy groups -OCH3 is 1.